The predicted octanol–water partition coefficient (Wildman–Crippen LogP) is -0.432. The molecule has 0 saturated heterocycles. The summed E-state index contributed by atoms with van der Waals surface area (Å²) in [6.07, 6.45) is 0. The van der Waals surface area contributed by atoms with Gasteiger partial charge in [0, 0.05) is 27.3 Å². The first-order chi connectivity index (χ1) is 1.41. The van der Waals surface area contributed by atoms with Crippen molar-refractivity contribution in [2.24, 2.45) is 0 Å². The van der Waals surface area contributed by atoms with E-state index in [1.54, 1.807) is 0 Å². The van der Waals surface area contributed by atoms with E-state index in [0.29, 0.717) is 0 Å². The molecule has 0 bridgehead atoms. The fourth-order valence-corrected chi connectivity index (χ4v) is 0. The van der Waals surface area contributed by atoms with Gasteiger partial charge in [-0.2, -0.15) is 0 Å². The summed E-state index contributed by atoms with van der Waals surface area (Å²) in [4.78, 5) is 0. The van der Waals surface area contributed by atoms with Gasteiger partial charge >= 0.3 is 0 Å². The molecule has 2 N–H and O–H groups in total. The Bertz CT molecular complexity index is 3.25. The molecule has 23 valence electrons. The summed E-state index contributed by atoms with van der Waals surface area (Å²) < 4.78 is 0. The molecule has 0 fully saturated rings. The van der Waals surface area contributed by atoms with E-state index in [9.17, 15) is 0 Å². The average molecular weight is 254 g/mol. The maximum atomic E-state index is 6.62. The van der Waals surface area contributed by atoms with Crippen molar-refractivity contribution in [3.05, 3.63) is 0 Å². The molecule has 4 heavy (non-hydrogen) atoms. The molecule has 4 heteroatoms. The van der Waals surface area contributed by atoms with E-state index in [4.69, 9.17) is 10.5 Å². The fraction of sp³-hybridized carbons (Fsp3) is 0. The van der Waals surface area contributed by atoms with E-state index in [-0.39, 0.29) is 27.3 Å². The van der Waals surface area contributed by atoms with Gasteiger partial charge in [0.05, 0.1) is 0 Å². The van der Waals surface area contributed by atoms with Gasteiger partial charge in [-0.3, -0.25) is 0 Å². The minimum atomic E-state index is 0. The maximum absolute atomic E-state index is 6.62. The zero-order valence-electron chi connectivity index (χ0n) is 1.88. The van der Waals surface area contributed by atoms with Crippen molar-refractivity contribution >= 4 is 27.3 Å². The molecule has 0 aliphatic heterocycles. The minimum absolute atomic E-state index is 0. The van der Waals surface area contributed by atoms with Crippen LogP contribution < -0.4 is 0 Å². The summed E-state index contributed by atoms with van der Waals surface area (Å²) >= 11 is 0. The Morgan fingerprint density at radius 2 is 1.25 bits per heavy atom. The van der Waals surface area contributed by atoms with Gasteiger partial charge in [0.15, 0.2) is 0 Å². The smallest absolute Gasteiger partial charge is 0 e. The van der Waals surface area contributed by atoms with Crippen LogP contribution in [0.15, 0.2) is 0 Å². The minimum Gasteiger partial charge on any atom is -0.221 e. The van der Waals surface area contributed by atoms with Crippen LogP contribution in [0, 0.1) is 0 Å². The molecule has 0 heterocycles. The van der Waals surface area contributed by atoms with E-state index in [2.05, 4.69) is 5.04 Å². The van der Waals surface area contributed by atoms with E-state index in [0.717, 1.165) is 0 Å². The molecule has 0 spiro atoms. The van der Waals surface area contributed by atoms with Crippen molar-refractivity contribution in [3.63, 3.8) is 0 Å². The monoisotopic (exact) mass is 255 g/mol. The molecular weight excluding hydrogens is 252 g/mol. The van der Waals surface area contributed by atoms with Gasteiger partial charge in [0.25, 0.3) is 0 Å². The van der Waals surface area contributed by atoms with Crippen LogP contribution in [0.1, 0.15) is 0 Å². The first-order valence-corrected chi connectivity index (χ1v) is 0.365. The summed E-state index contributed by atoms with van der Waals surface area (Å²) in [6, 6.07) is 0. The van der Waals surface area contributed by atoms with Crippen LogP contribution in [0.3, 0.4) is 0 Å². The Labute approximate surface area is 43.2 Å². The topological polar surface area (TPSA) is 49.7 Å². The van der Waals surface area contributed by atoms with Crippen molar-refractivity contribution in [2.45, 2.75) is 0 Å². The molecular formula is H2O3Tl. The van der Waals surface area contributed by atoms with Crippen LogP contribution in [-0.2, 0) is 5.04 Å². The number of hydrogen-bond donors (Lipinski definition) is 2. The third kappa shape index (κ3) is 14.1. The van der Waals surface area contributed by atoms with Crippen LogP contribution in [0.5, 0.6) is 0 Å². The molecule has 0 aliphatic carbocycles. The van der Waals surface area contributed by atoms with Gasteiger partial charge in [-0.1, -0.05) is 5.04 Å². The molecule has 0 unspecified atom stereocenters. The predicted molar refractivity (Wildman–Crippen MR) is 12.1 cm³/mol. The van der Waals surface area contributed by atoms with Crippen molar-refractivity contribution in [1.82, 2.24) is 0 Å². The second-order valence-corrected chi connectivity index (χ2v) is 0.0816. The standard InChI is InChI=1S/H2O3.Tl/c1-3-2;/h1-2H;. The first kappa shape index (κ1) is 8.84. The van der Waals surface area contributed by atoms with Gasteiger partial charge < -0.3 is 0 Å². The summed E-state index contributed by atoms with van der Waals surface area (Å²) in [5, 5.41) is 15.5. The maximum Gasteiger partial charge on any atom is 0 e. The number of hydrogen-bond acceptors (Lipinski definition) is 3. The quantitative estimate of drug-likeness (QED) is 0.350. The third-order valence-corrected chi connectivity index (χ3v) is 0. The van der Waals surface area contributed by atoms with Crippen molar-refractivity contribution in [3.8, 4) is 0 Å². The van der Waals surface area contributed by atoms with Gasteiger partial charge in [0.1, 0.15) is 0 Å². The molecule has 0 atom stereocenters. The third-order valence-electron chi connectivity index (χ3n) is 0. The Morgan fingerprint density at radius 1 is 1.25 bits per heavy atom. The Kier molecular flexibility index (Phi) is 20.3. The Hall–Kier alpha value is 0.802. The van der Waals surface area contributed by atoms with Crippen LogP contribution >= 0.6 is 0 Å². The van der Waals surface area contributed by atoms with E-state index < -0.39 is 0 Å². The normalized spacial score (nSPS) is 4.50. The molecule has 0 aromatic carbocycles. The second kappa shape index (κ2) is 9.19. The number of rotatable bonds is 0. The molecule has 0 aromatic rings. The Balaban J connectivity index is 0. The molecule has 0 saturated carbocycles. The molecule has 1 radical (unpaired) electrons. The molecule has 3 nitrogen and oxygen atoms in total. The van der Waals surface area contributed by atoms with Crippen LogP contribution in [-0.4, -0.2) is 37.8 Å². The molecule has 0 rings (SSSR count). The van der Waals surface area contributed by atoms with Crippen molar-refractivity contribution < 1.29 is 15.6 Å². The van der Waals surface area contributed by atoms with E-state index in [1.807, 2.05) is 0 Å². The Morgan fingerprint density at radius 3 is 1.25 bits per heavy atom. The van der Waals surface area contributed by atoms with E-state index >= 15 is 0 Å². The largest absolute Gasteiger partial charge is 0.221 e. The summed E-state index contributed by atoms with van der Waals surface area (Å²) in [7, 11) is 0. The molecule has 0 amide bonds. The van der Waals surface area contributed by atoms with E-state index in [1.165, 1.54) is 0 Å². The van der Waals surface area contributed by atoms with Gasteiger partial charge in [-0.05, 0) is 0 Å². The van der Waals surface area contributed by atoms with Gasteiger partial charge in [-0.15, -0.1) is 0 Å². The van der Waals surface area contributed by atoms with Crippen LogP contribution in [0.4, 0.5) is 0 Å². The van der Waals surface area contributed by atoms with Crippen LogP contribution in [0.2, 0.25) is 0 Å². The summed E-state index contributed by atoms with van der Waals surface area (Å²) in [5.41, 5.74) is 0. The second-order valence-electron chi connectivity index (χ2n) is 0.0816. The van der Waals surface area contributed by atoms with Crippen molar-refractivity contribution in [2.75, 3.05) is 0 Å². The SMILES string of the molecule is OOO.[Tl]. The zero-order chi connectivity index (χ0) is 2.71. The molecule has 0 aromatic heterocycles. The fourth-order valence-electron chi connectivity index (χ4n) is 0. The van der Waals surface area contributed by atoms with Crippen LogP contribution in [0.25, 0.3) is 0 Å². The zero-order valence-corrected chi connectivity index (χ0v) is 6.37. The van der Waals surface area contributed by atoms with Crippen molar-refractivity contribution in [1.29, 1.82) is 0 Å². The first-order valence-electron chi connectivity index (χ1n) is 0.365. The van der Waals surface area contributed by atoms with Gasteiger partial charge in [-0.25, -0.2) is 10.5 Å². The summed E-state index contributed by atoms with van der Waals surface area (Å²) in [6.45, 7) is 0. The molecule has 0 aliphatic rings. The average Bonchev–Trinajstić information content (AvgIpc) is 0.918. The van der Waals surface area contributed by atoms with Gasteiger partial charge in [0.2, 0.25) is 0 Å². The summed E-state index contributed by atoms with van der Waals surface area (Å²) in [5.74, 6) is 0.